The molecule has 0 bridgehead atoms. The van der Waals surface area contributed by atoms with E-state index in [9.17, 15) is 13.2 Å². The summed E-state index contributed by atoms with van der Waals surface area (Å²) >= 11 is 0. The molecule has 152 valence electrons. The number of sulfonamides is 1. The van der Waals surface area contributed by atoms with Crippen LogP contribution >= 0.6 is 0 Å². The topological polar surface area (TPSA) is 122 Å². The average molecular weight is 416 g/mol. The number of aromatic amines is 1. The summed E-state index contributed by atoms with van der Waals surface area (Å²) in [5, 5.41) is 6.97. The summed E-state index contributed by atoms with van der Waals surface area (Å²) in [6.07, 6.45) is 6.50. The molecule has 0 radical (unpaired) electrons. The number of ether oxygens (including phenoxy) is 1. The molecular weight excluding hydrogens is 396 g/mol. The summed E-state index contributed by atoms with van der Waals surface area (Å²) in [5.41, 5.74) is 1.12. The molecule has 29 heavy (non-hydrogen) atoms. The van der Waals surface area contributed by atoms with Crippen molar-refractivity contribution >= 4 is 21.7 Å². The molecule has 2 N–H and O–H groups in total. The number of anilines is 1. The van der Waals surface area contributed by atoms with Crippen molar-refractivity contribution in [2.24, 2.45) is 0 Å². The van der Waals surface area contributed by atoms with Crippen LogP contribution in [0.25, 0.3) is 0 Å². The molecule has 0 atom stereocenters. The molecule has 11 heteroatoms. The van der Waals surface area contributed by atoms with Crippen LogP contribution in [0.5, 0.6) is 0 Å². The van der Waals surface area contributed by atoms with Crippen LogP contribution in [0.15, 0.2) is 53.9 Å². The molecule has 1 saturated heterocycles. The van der Waals surface area contributed by atoms with E-state index in [1.165, 1.54) is 16.6 Å². The predicted molar refractivity (Wildman–Crippen MR) is 104 cm³/mol. The fraction of sp³-hybridized carbons (Fsp3) is 0.278. The van der Waals surface area contributed by atoms with Crippen LogP contribution in [0.4, 0.5) is 5.82 Å². The highest BCUT2D eigenvalue weighted by Gasteiger charge is 2.28. The summed E-state index contributed by atoms with van der Waals surface area (Å²) in [6.45, 7) is 1.83. The van der Waals surface area contributed by atoms with Crippen molar-refractivity contribution in [3.63, 3.8) is 0 Å². The molecule has 3 aromatic rings. The molecule has 10 nitrogen and oxygen atoms in total. The quantitative estimate of drug-likeness (QED) is 0.616. The van der Waals surface area contributed by atoms with Crippen LogP contribution in [0.3, 0.4) is 0 Å². The first-order valence-electron chi connectivity index (χ1n) is 9.02. The molecule has 1 fully saturated rings. The van der Waals surface area contributed by atoms with Crippen LogP contribution in [0.2, 0.25) is 0 Å². The van der Waals surface area contributed by atoms with E-state index >= 15 is 0 Å². The standard InChI is InChI=1S/C18H20N6O4S/c25-18(21-17-3-5-23(22-17)13-14-2-1-4-19-11-14)16-10-15(12-20-16)29(26,27)24-6-8-28-9-7-24/h1-5,10-12,20H,6-9,13H2,(H,21,22,25). The van der Waals surface area contributed by atoms with Gasteiger partial charge >= 0.3 is 0 Å². The number of pyridine rings is 1. The van der Waals surface area contributed by atoms with Crippen LogP contribution in [0, 0.1) is 0 Å². The van der Waals surface area contributed by atoms with E-state index in [1.807, 2.05) is 12.1 Å². The minimum absolute atomic E-state index is 0.0478. The summed E-state index contributed by atoms with van der Waals surface area (Å²) in [7, 11) is -3.66. The summed E-state index contributed by atoms with van der Waals surface area (Å²) in [5.74, 6) is -0.105. The third-order valence-electron chi connectivity index (χ3n) is 4.46. The number of hydrogen-bond donors (Lipinski definition) is 2. The van der Waals surface area contributed by atoms with Crippen molar-refractivity contribution in [1.29, 1.82) is 0 Å². The highest BCUT2D eigenvalue weighted by molar-refractivity contribution is 7.89. The van der Waals surface area contributed by atoms with Gasteiger partial charge in [0, 0.05) is 43.9 Å². The van der Waals surface area contributed by atoms with Crippen molar-refractivity contribution in [3.8, 4) is 0 Å². The van der Waals surface area contributed by atoms with Gasteiger partial charge in [0.2, 0.25) is 10.0 Å². The third kappa shape index (κ3) is 4.36. The summed E-state index contributed by atoms with van der Waals surface area (Å²) < 4.78 is 33.5. The zero-order valence-electron chi connectivity index (χ0n) is 15.5. The Kier molecular flexibility index (Phi) is 5.43. The first kappa shape index (κ1) is 19.3. The third-order valence-corrected chi connectivity index (χ3v) is 6.34. The van der Waals surface area contributed by atoms with Crippen molar-refractivity contribution in [2.75, 3.05) is 31.6 Å². The van der Waals surface area contributed by atoms with Gasteiger partial charge in [0.25, 0.3) is 5.91 Å². The number of carbonyl (C=O) groups excluding carboxylic acids is 1. The Balaban J connectivity index is 1.42. The number of H-pyrrole nitrogens is 1. The maximum Gasteiger partial charge on any atom is 0.273 e. The van der Waals surface area contributed by atoms with Gasteiger partial charge in [-0.15, -0.1) is 0 Å². The van der Waals surface area contributed by atoms with E-state index in [1.54, 1.807) is 29.3 Å². The lowest BCUT2D eigenvalue weighted by molar-refractivity contribution is 0.0730. The second kappa shape index (κ2) is 8.15. The predicted octanol–water partition coefficient (Wildman–Crippen LogP) is 0.928. The van der Waals surface area contributed by atoms with E-state index in [4.69, 9.17) is 4.74 Å². The lowest BCUT2D eigenvalue weighted by Gasteiger charge is -2.25. The lowest BCUT2D eigenvalue weighted by atomic mass is 10.3. The minimum atomic E-state index is -3.66. The van der Waals surface area contributed by atoms with Gasteiger partial charge < -0.3 is 15.0 Å². The summed E-state index contributed by atoms with van der Waals surface area (Å²) in [6, 6.07) is 6.77. The van der Waals surface area contributed by atoms with Crippen molar-refractivity contribution in [3.05, 3.63) is 60.3 Å². The Bertz CT molecular complexity index is 1090. The van der Waals surface area contributed by atoms with E-state index < -0.39 is 15.9 Å². The molecule has 1 amide bonds. The van der Waals surface area contributed by atoms with Crippen molar-refractivity contribution < 1.29 is 17.9 Å². The summed E-state index contributed by atoms with van der Waals surface area (Å²) in [4.78, 5) is 19.3. The van der Waals surface area contributed by atoms with Gasteiger partial charge in [-0.05, 0) is 17.7 Å². The number of morpholine rings is 1. The van der Waals surface area contributed by atoms with Crippen molar-refractivity contribution in [2.45, 2.75) is 11.4 Å². The zero-order valence-corrected chi connectivity index (χ0v) is 16.3. The Morgan fingerprint density at radius 2 is 2.10 bits per heavy atom. The Labute approximate surface area is 167 Å². The molecule has 0 aromatic carbocycles. The second-order valence-corrected chi connectivity index (χ2v) is 8.42. The number of amides is 1. The number of rotatable bonds is 6. The van der Waals surface area contributed by atoms with Crippen molar-refractivity contribution in [1.82, 2.24) is 24.1 Å². The average Bonchev–Trinajstić information content (AvgIpc) is 3.40. The molecule has 0 aliphatic carbocycles. The van der Waals surface area contributed by atoms with Gasteiger partial charge in [0.05, 0.1) is 19.8 Å². The van der Waals surface area contributed by atoms with Gasteiger partial charge in [-0.3, -0.25) is 14.5 Å². The molecule has 1 aliphatic rings. The van der Waals surface area contributed by atoms with E-state index in [2.05, 4.69) is 20.4 Å². The number of carbonyl (C=O) groups is 1. The Morgan fingerprint density at radius 3 is 2.86 bits per heavy atom. The van der Waals surface area contributed by atoms with Gasteiger partial charge in [-0.2, -0.15) is 9.40 Å². The first-order chi connectivity index (χ1) is 14.0. The molecular formula is C18H20N6O4S. The van der Waals surface area contributed by atoms with Gasteiger partial charge in [-0.25, -0.2) is 8.42 Å². The van der Waals surface area contributed by atoms with Crippen LogP contribution in [-0.2, 0) is 21.3 Å². The van der Waals surface area contributed by atoms with Crippen LogP contribution in [-0.4, -0.2) is 64.7 Å². The molecule has 4 heterocycles. The van der Waals surface area contributed by atoms with Crippen LogP contribution in [0.1, 0.15) is 16.1 Å². The second-order valence-electron chi connectivity index (χ2n) is 6.48. The first-order valence-corrected chi connectivity index (χ1v) is 10.5. The maximum absolute atomic E-state index is 12.7. The molecule has 0 spiro atoms. The highest BCUT2D eigenvalue weighted by Crippen LogP contribution is 2.18. The fourth-order valence-corrected chi connectivity index (χ4v) is 4.37. The molecule has 0 unspecified atom stereocenters. The Morgan fingerprint density at radius 1 is 1.28 bits per heavy atom. The number of hydrogen-bond acceptors (Lipinski definition) is 6. The smallest absolute Gasteiger partial charge is 0.273 e. The minimum Gasteiger partial charge on any atom is -0.379 e. The normalized spacial score (nSPS) is 15.3. The SMILES string of the molecule is O=C(Nc1ccn(Cc2cccnc2)n1)c1cc(S(=O)(=O)N2CCOCC2)c[nH]1. The monoisotopic (exact) mass is 416 g/mol. The lowest BCUT2D eigenvalue weighted by Crippen LogP contribution is -2.40. The number of aromatic nitrogens is 4. The fourth-order valence-electron chi connectivity index (χ4n) is 2.97. The van der Waals surface area contributed by atoms with Crippen LogP contribution < -0.4 is 5.32 Å². The maximum atomic E-state index is 12.7. The van der Waals surface area contributed by atoms with Gasteiger partial charge in [-0.1, -0.05) is 6.07 Å². The van der Waals surface area contributed by atoms with E-state index in [0.29, 0.717) is 38.7 Å². The van der Waals surface area contributed by atoms with E-state index in [-0.39, 0.29) is 10.6 Å². The molecule has 0 saturated carbocycles. The molecule has 3 aromatic heterocycles. The number of nitrogens with one attached hydrogen (secondary N) is 2. The molecule has 4 rings (SSSR count). The van der Waals surface area contributed by atoms with E-state index in [0.717, 1.165) is 5.56 Å². The van der Waals surface area contributed by atoms with Gasteiger partial charge in [0.1, 0.15) is 10.6 Å². The Hall–Kier alpha value is -3.02. The van der Waals surface area contributed by atoms with Gasteiger partial charge in [0.15, 0.2) is 5.82 Å². The zero-order chi connectivity index (χ0) is 20.3. The molecule has 1 aliphatic heterocycles. The largest absolute Gasteiger partial charge is 0.379 e. The highest BCUT2D eigenvalue weighted by atomic mass is 32.2. The number of nitrogens with zero attached hydrogens (tertiary/aromatic N) is 4.